The summed E-state index contributed by atoms with van der Waals surface area (Å²) in [5.74, 6) is -0.421. The first kappa shape index (κ1) is 16.0. The van der Waals surface area contributed by atoms with Crippen molar-refractivity contribution in [3.63, 3.8) is 0 Å². The Hall–Kier alpha value is -1.88. The summed E-state index contributed by atoms with van der Waals surface area (Å²) in [4.78, 5) is 26.9. The van der Waals surface area contributed by atoms with Crippen LogP contribution in [0.25, 0.3) is 0 Å². The number of hydrogen-bond donors (Lipinski definition) is 0. The maximum atomic E-state index is 12.7. The van der Waals surface area contributed by atoms with Gasteiger partial charge in [0.25, 0.3) is 0 Å². The number of rotatable bonds is 4. The summed E-state index contributed by atoms with van der Waals surface area (Å²) < 4.78 is 7.36. The third-order valence-corrected chi connectivity index (χ3v) is 5.08. The molecule has 1 unspecified atom stereocenters. The Morgan fingerprint density at radius 1 is 1.26 bits per heavy atom. The van der Waals surface area contributed by atoms with Gasteiger partial charge in [-0.1, -0.05) is 0 Å². The topological polar surface area (TPSA) is 48.3 Å². The summed E-state index contributed by atoms with van der Waals surface area (Å²) in [5.41, 5.74) is 1.57. The number of esters is 1. The summed E-state index contributed by atoms with van der Waals surface area (Å²) in [6, 6.07) is 7.57. The standard InChI is InChI=1S/C18H21NO3S/c1-11(2)22-18(21)13-5-4-10-19-14(13)7-8-15(19)17(20)16-9-6-12(3)23-16/h6-9,11,13H,4-5,10H2,1-3H3. The molecule has 0 fully saturated rings. The first-order valence-corrected chi connectivity index (χ1v) is 8.80. The molecule has 0 aliphatic carbocycles. The highest BCUT2D eigenvalue weighted by Gasteiger charge is 2.31. The Labute approximate surface area is 140 Å². The normalized spacial score (nSPS) is 17.1. The molecule has 122 valence electrons. The summed E-state index contributed by atoms with van der Waals surface area (Å²) in [5, 5.41) is 0. The molecule has 3 heterocycles. The number of aryl methyl sites for hydroxylation is 1. The molecule has 2 aromatic heterocycles. The highest BCUT2D eigenvalue weighted by Crippen LogP contribution is 2.32. The van der Waals surface area contributed by atoms with Gasteiger partial charge in [0, 0.05) is 17.1 Å². The molecule has 4 nitrogen and oxygen atoms in total. The van der Waals surface area contributed by atoms with Gasteiger partial charge < -0.3 is 9.30 Å². The van der Waals surface area contributed by atoms with E-state index in [1.807, 2.05) is 49.6 Å². The Bertz CT molecular complexity index is 741. The Morgan fingerprint density at radius 3 is 2.70 bits per heavy atom. The second kappa shape index (κ2) is 6.32. The number of carbonyl (C=O) groups is 2. The minimum absolute atomic E-state index is 0.0345. The van der Waals surface area contributed by atoms with Crippen molar-refractivity contribution in [2.75, 3.05) is 0 Å². The molecule has 0 bridgehead atoms. The van der Waals surface area contributed by atoms with Gasteiger partial charge in [0.05, 0.1) is 22.6 Å². The predicted molar refractivity (Wildman–Crippen MR) is 90.1 cm³/mol. The first-order valence-electron chi connectivity index (χ1n) is 7.98. The van der Waals surface area contributed by atoms with Crippen molar-refractivity contribution >= 4 is 23.1 Å². The van der Waals surface area contributed by atoms with Crippen LogP contribution in [-0.4, -0.2) is 22.4 Å². The number of hydrogen-bond acceptors (Lipinski definition) is 4. The lowest BCUT2D eigenvalue weighted by Crippen LogP contribution is -2.26. The molecule has 1 aliphatic rings. The summed E-state index contributed by atoms with van der Waals surface area (Å²) in [7, 11) is 0. The molecular formula is C18H21NO3S. The van der Waals surface area contributed by atoms with Gasteiger partial charge in [-0.25, -0.2) is 0 Å². The van der Waals surface area contributed by atoms with Crippen molar-refractivity contribution in [2.45, 2.75) is 52.2 Å². The number of ketones is 1. The van der Waals surface area contributed by atoms with Gasteiger partial charge in [0.2, 0.25) is 5.78 Å². The molecule has 23 heavy (non-hydrogen) atoms. The van der Waals surface area contributed by atoms with Crippen LogP contribution in [0.4, 0.5) is 0 Å². The highest BCUT2D eigenvalue weighted by molar-refractivity contribution is 7.14. The molecule has 0 spiro atoms. The lowest BCUT2D eigenvalue weighted by atomic mass is 9.96. The van der Waals surface area contributed by atoms with Crippen molar-refractivity contribution in [3.8, 4) is 0 Å². The zero-order valence-electron chi connectivity index (χ0n) is 13.7. The van der Waals surface area contributed by atoms with Crippen LogP contribution >= 0.6 is 11.3 Å². The van der Waals surface area contributed by atoms with E-state index < -0.39 is 0 Å². The van der Waals surface area contributed by atoms with E-state index in [-0.39, 0.29) is 23.8 Å². The number of thiophene rings is 1. The van der Waals surface area contributed by atoms with Crippen LogP contribution in [0.1, 0.15) is 58.5 Å². The van der Waals surface area contributed by atoms with Crippen LogP contribution in [-0.2, 0) is 16.1 Å². The summed E-state index contributed by atoms with van der Waals surface area (Å²) >= 11 is 1.51. The predicted octanol–water partition coefficient (Wildman–Crippen LogP) is 3.92. The third kappa shape index (κ3) is 3.11. The van der Waals surface area contributed by atoms with Crippen molar-refractivity contribution in [1.29, 1.82) is 0 Å². The Kier molecular flexibility index (Phi) is 4.39. The number of fused-ring (bicyclic) bond motifs is 1. The summed E-state index contributed by atoms with van der Waals surface area (Å²) in [6.07, 6.45) is 1.54. The molecule has 0 saturated carbocycles. The Balaban J connectivity index is 1.91. The molecule has 3 rings (SSSR count). The van der Waals surface area contributed by atoms with Crippen LogP contribution in [0, 0.1) is 6.92 Å². The third-order valence-electron chi connectivity index (χ3n) is 4.08. The second-order valence-corrected chi connectivity index (χ2v) is 7.50. The molecule has 1 atom stereocenters. The average Bonchev–Trinajstić information content (AvgIpc) is 3.11. The Morgan fingerprint density at radius 2 is 2.04 bits per heavy atom. The van der Waals surface area contributed by atoms with Gasteiger partial charge in [-0.2, -0.15) is 0 Å². The maximum Gasteiger partial charge on any atom is 0.315 e. The van der Waals surface area contributed by atoms with Crippen molar-refractivity contribution in [3.05, 3.63) is 45.4 Å². The van der Waals surface area contributed by atoms with E-state index in [1.54, 1.807) is 0 Å². The SMILES string of the molecule is Cc1ccc(C(=O)c2ccc3n2CCCC3C(=O)OC(C)C)s1. The first-order chi connectivity index (χ1) is 11.0. The van der Waals surface area contributed by atoms with Crippen LogP contribution in [0.2, 0.25) is 0 Å². The van der Waals surface area contributed by atoms with Gasteiger partial charge >= 0.3 is 5.97 Å². The monoisotopic (exact) mass is 331 g/mol. The van der Waals surface area contributed by atoms with Crippen molar-refractivity contribution in [2.24, 2.45) is 0 Å². The fourth-order valence-electron chi connectivity index (χ4n) is 3.07. The average molecular weight is 331 g/mol. The van der Waals surface area contributed by atoms with Gasteiger partial charge in [-0.05, 0) is 57.9 Å². The lowest BCUT2D eigenvalue weighted by molar-refractivity contribution is -0.149. The maximum absolute atomic E-state index is 12.7. The van der Waals surface area contributed by atoms with Crippen LogP contribution in [0.3, 0.4) is 0 Å². The van der Waals surface area contributed by atoms with Gasteiger partial charge in [-0.3, -0.25) is 9.59 Å². The van der Waals surface area contributed by atoms with Crippen LogP contribution < -0.4 is 0 Å². The molecule has 2 aromatic rings. The van der Waals surface area contributed by atoms with Crippen molar-refractivity contribution < 1.29 is 14.3 Å². The minimum Gasteiger partial charge on any atom is -0.462 e. The fourth-order valence-corrected chi connectivity index (χ4v) is 3.89. The van der Waals surface area contributed by atoms with E-state index in [4.69, 9.17) is 4.74 Å². The number of carbonyl (C=O) groups excluding carboxylic acids is 2. The summed E-state index contributed by atoms with van der Waals surface area (Å²) in [6.45, 7) is 6.48. The van der Waals surface area contributed by atoms with E-state index in [0.29, 0.717) is 5.69 Å². The lowest BCUT2D eigenvalue weighted by Gasteiger charge is -2.25. The van der Waals surface area contributed by atoms with Gasteiger partial charge in [-0.15, -0.1) is 11.3 Å². The number of ether oxygens (including phenoxy) is 1. The van der Waals surface area contributed by atoms with E-state index >= 15 is 0 Å². The molecular weight excluding hydrogens is 310 g/mol. The second-order valence-electron chi connectivity index (χ2n) is 6.21. The van der Waals surface area contributed by atoms with Crippen LogP contribution in [0.5, 0.6) is 0 Å². The van der Waals surface area contributed by atoms with E-state index in [0.717, 1.165) is 34.8 Å². The quantitative estimate of drug-likeness (QED) is 0.630. The highest BCUT2D eigenvalue weighted by atomic mass is 32.1. The van der Waals surface area contributed by atoms with E-state index in [9.17, 15) is 9.59 Å². The molecule has 0 saturated heterocycles. The van der Waals surface area contributed by atoms with Crippen molar-refractivity contribution in [1.82, 2.24) is 4.57 Å². The molecule has 0 radical (unpaired) electrons. The van der Waals surface area contributed by atoms with Gasteiger partial charge in [0.15, 0.2) is 0 Å². The molecule has 1 aliphatic heterocycles. The van der Waals surface area contributed by atoms with Crippen LogP contribution in [0.15, 0.2) is 24.3 Å². The minimum atomic E-state index is -0.266. The zero-order chi connectivity index (χ0) is 16.6. The number of aromatic nitrogens is 1. The largest absolute Gasteiger partial charge is 0.462 e. The fraction of sp³-hybridized carbons (Fsp3) is 0.444. The molecule has 5 heteroatoms. The number of nitrogens with zero attached hydrogens (tertiary/aromatic N) is 1. The van der Waals surface area contributed by atoms with E-state index in [2.05, 4.69) is 0 Å². The molecule has 0 aromatic carbocycles. The molecule has 0 N–H and O–H groups in total. The van der Waals surface area contributed by atoms with E-state index in [1.165, 1.54) is 11.3 Å². The molecule has 0 amide bonds. The smallest absolute Gasteiger partial charge is 0.315 e. The van der Waals surface area contributed by atoms with Gasteiger partial charge in [0.1, 0.15) is 0 Å². The zero-order valence-corrected chi connectivity index (χ0v) is 14.5.